The molecule has 1 amide bonds. The van der Waals surface area contributed by atoms with E-state index in [1.54, 1.807) is 11.3 Å². The maximum Gasteiger partial charge on any atom is 0.231 e. The minimum absolute atomic E-state index is 0.00211. The summed E-state index contributed by atoms with van der Waals surface area (Å²) < 4.78 is 1.20. The van der Waals surface area contributed by atoms with Crippen LogP contribution < -0.4 is 10.2 Å². The Bertz CT molecular complexity index is 1160. The lowest BCUT2D eigenvalue weighted by atomic mass is 9.99. The number of aromatic nitrogens is 1. The molecular formula is C22H19N3OS. The van der Waals surface area contributed by atoms with Crippen LogP contribution in [0.2, 0.25) is 0 Å². The van der Waals surface area contributed by atoms with Gasteiger partial charge < -0.3 is 10.2 Å². The molecule has 1 aromatic heterocycles. The standard InChI is InChI=1S/C22H19N3OS/c1-14-9-10-19-20(11-14)27-22(24-19)25-12-16(13-25)21(26)23-18-8-4-6-15-5-2-3-7-17(15)18/h2-11,16H,12-13H2,1H3,(H,23,26). The average molecular weight is 373 g/mol. The largest absolute Gasteiger partial charge is 0.346 e. The van der Waals surface area contributed by atoms with E-state index in [9.17, 15) is 4.79 Å². The van der Waals surface area contributed by atoms with Gasteiger partial charge in [0.2, 0.25) is 5.91 Å². The zero-order chi connectivity index (χ0) is 18.4. The number of hydrogen-bond acceptors (Lipinski definition) is 4. The maximum atomic E-state index is 12.7. The Balaban J connectivity index is 1.29. The van der Waals surface area contributed by atoms with Crippen molar-refractivity contribution in [3.05, 3.63) is 66.2 Å². The van der Waals surface area contributed by atoms with Crippen molar-refractivity contribution in [1.29, 1.82) is 0 Å². The molecule has 0 unspecified atom stereocenters. The Kier molecular flexibility index (Phi) is 3.83. The van der Waals surface area contributed by atoms with Crippen molar-refractivity contribution >= 4 is 49.1 Å². The number of amides is 1. The van der Waals surface area contributed by atoms with Crippen LogP contribution in [0.1, 0.15) is 5.56 Å². The molecule has 134 valence electrons. The van der Waals surface area contributed by atoms with Crippen LogP contribution in [-0.4, -0.2) is 24.0 Å². The van der Waals surface area contributed by atoms with Crippen LogP contribution in [0.15, 0.2) is 60.7 Å². The summed E-state index contributed by atoms with van der Waals surface area (Å²) in [5.74, 6) is 0.0808. The summed E-state index contributed by atoms with van der Waals surface area (Å²) in [6.45, 7) is 3.53. The number of anilines is 2. The van der Waals surface area contributed by atoms with E-state index in [1.807, 2.05) is 30.3 Å². The molecule has 0 spiro atoms. The fourth-order valence-electron chi connectivity index (χ4n) is 3.52. The van der Waals surface area contributed by atoms with Gasteiger partial charge in [0, 0.05) is 24.2 Å². The van der Waals surface area contributed by atoms with E-state index in [1.165, 1.54) is 10.3 Å². The first-order chi connectivity index (χ1) is 13.2. The van der Waals surface area contributed by atoms with Gasteiger partial charge in [-0.2, -0.15) is 0 Å². The lowest BCUT2D eigenvalue weighted by Gasteiger charge is -2.38. The third kappa shape index (κ3) is 2.94. The van der Waals surface area contributed by atoms with Gasteiger partial charge in [-0.15, -0.1) is 0 Å². The molecule has 0 aliphatic carbocycles. The summed E-state index contributed by atoms with van der Waals surface area (Å²) in [5.41, 5.74) is 3.16. The van der Waals surface area contributed by atoms with Crippen LogP contribution in [0.25, 0.3) is 21.0 Å². The Hall–Kier alpha value is -2.92. The van der Waals surface area contributed by atoms with Gasteiger partial charge in [-0.1, -0.05) is 53.8 Å². The van der Waals surface area contributed by atoms with Crippen molar-refractivity contribution in [3.63, 3.8) is 0 Å². The van der Waals surface area contributed by atoms with Gasteiger partial charge in [0.05, 0.1) is 16.1 Å². The number of rotatable bonds is 3. The summed E-state index contributed by atoms with van der Waals surface area (Å²) in [4.78, 5) is 19.6. The summed E-state index contributed by atoms with van der Waals surface area (Å²) in [6, 6.07) is 20.4. The average Bonchev–Trinajstić information content (AvgIpc) is 3.03. The number of carbonyl (C=O) groups is 1. The van der Waals surface area contributed by atoms with Gasteiger partial charge >= 0.3 is 0 Å². The molecule has 1 aliphatic heterocycles. The quantitative estimate of drug-likeness (QED) is 0.559. The van der Waals surface area contributed by atoms with E-state index in [2.05, 4.69) is 47.5 Å². The summed E-state index contributed by atoms with van der Waals surface area (Å²) >= 11 is 1.70. The predicted octanol–water partition coefficient (Wildman–Crippen LogP) is 4.83. The third-order valence-corrected chi connectivity index (χ3v) is 6.18. The lowest BCUT2D eigenvalue weighted by Crippen LogP contribution is -2.52. The monoisotopic (exact) mass is 373 g/mol. The number of carbonyl (C=O) groups excluding carboxylic acids is 1. The second-order valence-electron chi connectivity index (χ2n) is 7.09. The van der Waals surface area contributed by atoms with Crippen molar-refractivity contribution in [1.82, 2.24) is 4.98 Å². The minimum Gasteiger partial charge on any atom is -0.346 e. The fraction of sp³-hybridized carbons (Fsp3) is 0.182. The summed E-state index contributed by atoms with van der Waals surface area (Å²) in [7, 11) is 0. The number of nitrogens with zero attached hydrogens (tertiary/aromatic N) is 2. The third-order valence-electron chi connectivity index (χ3n) is 5.10. The zero-order valence-electron chi connectivity index (χ0n) is 15.0. The second-order valence-corrected chi connectivity index (χ2v) is 8.09. The zero-order valence-corrected chi connectivity index (χ0v) is 15.8. The van der Waals surface area contributed by atoms with Crippen molar-refractivity contribution in [2.24, 2.45) is 5.92 Å². The Labute approximate surface area is 161 Å². The van der Waals surface area contributed by atoms with Gasteiger partial charge in [-0.25, -0.2) is 4.98 Å². The number of benzene rings is 3. The molecule has 4 aromatic rings. The van der Waals surface area contributed by atoms with Crippen molar-refractivity contribution in [2.45, 2.75) is 6.92 Å². The number of thiazole rings is 1. The maximum absolute atomic E-state index is 12.7. The minimum atomic E-state index is -0.00211. The van der Waals surface area contributed by atoms with E-state index >= 15 is 0 Å². The molecule has 0 atom stereocenters. The van der Waals surface area contributed by atoms with Gasteiger partial charge in [-0.3, -0.25) is 4.79 Å². The molecule has 0 bridgehead atoms. The van der Waals surface area contributed by atoms with E-state index in [0.29, 0.717) is 0 Å². The molecule has 1 saturated heterocycles. The van der Waals surface area contributed by atoms with Gasteiger partial charge in [-0.05, 0) is 36.1 Å². The van der Waals surface area contributed by atoms with Crippen LogP contribution in [0.5, 0.6) is 0 Å². The van der Waals surface area contributed by atoms with Gasteiger partial charge in [0.25, 0.3) is 0 Å². The molecule has 0 radical (unpaired) electrons. The molecule has 1 aliphatic rings. The predicted molar refractivity (Wildman–Crippen MR) is 113 cm³/mol. The topological polar surface area (TPSA) is 45.2 Å². The first kappa shape index (κ1) is 16.3. The molecule has 2 heterocycles. The Morgan fingerprint density at radius 3 is 2.81 bits per heavy atom. The molecule has 27 heavy (non-hydrogen) atoms. The highest BCUT2D eigenvalue weighted by molar-refractivity contribution is 7.22. The first-order valence-electron chi connectivity index (χ1n) is 9.08. The second kappa shape index (κ2) is 6.35. The van der Waals surface area contributed by atoms with Crippen molar-refractivity contribution in [2.75, 3.05) is 23.3 Å². The molecule has 4 nitrogen and oxygen atoms in total. The van der Waals surface area contributed by atoms with E-state index in [4.69, 9.17) is 4.98 Å². The van der Waals surface area contributed by atoms with Gasteiger partial charge in [0.15, 0.2) is 5.13 Å². The highest BCUT2D eigenvalue weighted by Gasteiger charge is 2.34. The first-order valence-corrected chi connectivity index (χ1v) is 9.90. The Morgan fingerprint density at radius 1 is 1.11 bits per heavy atom. The van der Waals surface area contributed by atoms with Crippen LogP contribution in [0.4, 0.5) is 10.8 Å². The fourth-order valence-corrected chi connectivity index (χ4v) is 4.61. The smallest absolute Gasteiger partial charge is 0.231 e. The summed E-state index contributed by atoms with van der Waals surface area (Å²) in [6.07, 6.45) is 0. The molecular weight excluding hydrogens is 354 g/mol. The number of hydrogen-bond donors (Lipinski definition) is 1. The molecule has 0 saturated carbocycles. The van der Waals surface area contributed by atoms with Crippen LogP contribution in [0, 0.1) is 12.8 Å². The number of fused-ring (bicyclic) bond motifs is 2. The molecule has 1 N–H and O–H groups in total. The van der Waals surface area contributed by atoms with Crippen molar-refractivity contribution < 1.29 is 4.79 Å². The number of nitrogens with one attached hydrogen (secondary N) is 1. The molecule has 1 fully saturated rings. The highest BCUT2D eigenvalue weighted by atomic mass is 32.1. The van der Waals surface area contributed by atoms with Crippen molar-refractivity contribution in [3.8, 4) is 0 Å². The van der Waals surface area contributed by atoms with Crippen LogP contribution >= 0.6 is 11.3 Å². The van der Waals surface area contributed by atoms with Gasteiger partial charge in [0.1, 0.15) is 0 Å². The van der Waals surface area contributed by atoms with E-state index < -0.39 is 0 Å². The molecule has 5 rings (SSSR count). The Morgan fingerprint density at radius 2 is 1.93 bits per heavy atom. The number of aryl methyl sites for hydroxylation is 1. The molecule has 3 aromatic carbocycles. The highest BCUT2D eigenvalue weighted by Crippen LogP contribution is 2.34. The van der Waals surface area contributed by atoms with E-state index in [0.717, 1.165) is 40.2 Å². The summed E-state index contributed by atoms with van der Waals surface area (Å²) in [5, 5.41) is 6.32. The van der Waals surface area contributed by atoms with Crippen LogP contribution in [-0.2, 0) is 4.79 Å². The normalized spacial score (nSPS) is 14.5. The molecule has 5 heteroatoms. The SMILES string of the molecule is Cc1ccc2nc(N3CC(C(=O)Nc4cccc5ccccc45)C3)sc2c1. The lowest BCUT2D eigenvalue weighted by molar-refractivity contribution is -0.120. The van der Waals surface area contributed by atoms with E-state index in [-0.39, 0.29) is 11.8 Å². The van der Waals surface area contributed by atoms with Crippen LogP contribution in [0.3, 0.4) is 0 Å².